The highest BCUT2D eigenvalue weighted by atomic mass is 16.6. The number of ether oxygens (including phenoxy) is 1. The first-order chi connectivity index (χ1) is 8.46. The van der Waals surface area contributed by atoms with Gasteiger partial charge in [0.05, 0.1) is 5.71 Å². The number of aryl methyl sites for hydroxylation is 1. The lowest BCUT2D eigenvalue weighted by atomic mass is 10.2. The maximum Gasteiger partial charge on any atom is 0.428 e. The number of hydrogen-bond acceptors (Lipinski definition) is 4. The number of fused-ring (bicyclic) bond motifs is 1. The summed E-state index contributed by atoms with van der Waals surface area (Å²) in [5.74, 6) is 0. The fraction of sp³-hybridized carbons (Fsp3) is 0.462. The number of pyridine rings is 1. The largest absolute Gasteiger partial charge is 0.443 e. The van der Waals surface area contributed by atoms with Crippen molar-refractivity contribution in [3.05, 3.63) is 29.6 Å². The highest BCUT2D eigenvalue weighted by Gasteiger charge is 2.20. The first kappa shape index (κ1) is 12.5. The summed E-state index contributed by atoms with van der Waals surface area (Å²) >= 11 is 0. The van der Waals surface area contributed by atoms with Gasteiger partial charge in [-0.3, -0.25) is 4.98 Å². The molecule has 0 fully saturated rings. The Morgan fingerprint density at radius 2 is 2.22 bits per heavy atom. The molecule has 0 aromatic carbocycles. The molecule has 1 aliphatic rings. The van der Waals surface area contributed by atoms with Crippen LogP contribution in [0, 0.1) is 0 Å². The lowest BCUT2D eigenvalue weighted by Gasteiger charge is -2.18. The van der Waals surface area contributed by atoms with Gasteiger partial charge in [-0.15, -0.1) is 0 Å². The Balaban J connectivity index is 2.02. The third-order valence-corrected chi connectivity index (χ3v) is 2.48. The van der Waals surface area contributed by atoms with Crippen LogP contribution in [0.15, 0.2) is 23.4 Å². The summed E-state index contributed by atoms with van der Waals surface area (Å²) in [7, 11) is 0. The summed E-state index contributed by atoms with van der Waals surface area (Å²) in [4.78, 5) is 15.7. The standard InChI is InChI=1S/C13H17N3O2/c1-13(2,3)18-12(17)16-15-11-7-6-10-9(11)5-4-8-14-10/h4-5,8H,6-7H2,1-3H3,(H,16,17). The molecule has 1 amide bonds. The Hall–Kier alpha value is -1.91. The Kier molecular flexibility index (Phi) is 3.32. The van der Waals surface area contributed by atoms with Crippen molar-refractivity contribution in [2.45, 2.75) is 39.2 Å². The van der Waals surface area contributed by atoms with Gasteiger partial charge in [0, 0.05) is 17.5 Å². The van der Waals surface area contributed by atoms with Gasteiger partial charge < -0.3 is 4.74 Å². The molecule has 0 aliphatic heterocycles. The van der Waals surface area contributed by atoms with Gasteiger partial charge in [-0.1, -0.05) is 0 Å². The number of nitrogens with one attached hydrogen (secondary N) is 1. The second-order valence-corrected chi connectivity index (χ2v) is 5.17. The van der Waals surface area contributed by atoms with E-state index < -0.39 is 11.7 Å². The molecule has 1 aromatic heterocycles. The molecule has 0 radical (unpaired) electrons. The number of carbonyl (C=O) groups excluding carboxylic acids is 1. The third kappa shape index (κ3) is 3.06. The molecule has 0 atom stereocenters. The number of hydrazone groups is 1. The fourth-order valence-electron chi connectivity index (χ4n) is 1.80. The molecule has 0 spiro atoms. The van der Waals surface area contributed by atoms with Crippen LogP contribution in [0.4, 0.5) is 4.79 Å². The van der Waals surface area contributed by atoms with Crippen molar-refractivity contribution in [1.29, 1.82) is 0 Å². The van der Waals surface area contributed by atoms with E-state index in [0.29, 0.717) is 0 Å². The predicted octanol–water partition coefficient (Wildman–Crippen LogP) is 2.26. The highest BCUT2D eigenvalue weighted by Crippen LogP contribution is 2.19. The number of rotatable bonds is 1. The van der Waals surface area contributed by atoms with Crippen LogP contribution in [0.25, 0.3) is 0 Å². The minimum absolute atomic E-state index is 0.514. The SMILES string of the molecule is CC(C)(C)OC(=O)NN=C1CCc2ncccc21. The summed E-state index contributed by atoms with van der Waals surface area (Å²) in [6.07, 6.45) is 2.89. The molecule has 1 heterocycles. The molecular formula is C13H17N3O2. The van der Waals surface area contributed by atoms with Crippen molar-refractivity contribution in [2.24, 2.45) is 5.10 Å². The van der Waals surface area contributed by atoms with E-state index in [1.807, 2.05) is 32.9 Å². The molecule has 96 valence electrons. The van der Waals surface area contributed by atoms with Crippen LogP contribution < -0.4 is 5.43 Å². The van der Waals surface area contributed by atoms with E-state index in [4.69, 9.17) is 4.74 Å². The van der Waals surface area contributed by atoms with Crippen LogP contribution in [-0.4, -0.2) is 22.4 Å². The van der Waals surface area contributed by atoms with E-state index in [1.54, 1.807) is 6.20 Å². The zero-order valence-corrected chi connectivity index (χ0v) is 10.9. The van der Waals surface area contributed by atoms with Crippen LogP contribution in [-0.2, 0) is 11.2 Å². The molecule has 1 aromatic rings. The average Bonchev–Trinajstić information content (AvgIpc) is 2.67. The van der Waals surface area contributed by atoms with Crippen LogP contribution in [0.1, 0.15) is 38.4 Å². The monoisotopic (exact) mass is 247 g/mol. The second-order valence-electron chi connectivity index (χ2n) is 5.17. The molecule has 0 saturated carbocycles. The van der Waals surface area contributed by atoms with E-state index in [2.05, 4.69) is 15.5 Å². The minimum Gasteiger partial charge on any atom is -0.443 e. The summed E-state index contributed by atoms with van der Waals surface area (Å²) in [6, 6.07) is 3.83. The van der Waals surface area contributed by atoms with Gasteiger partial charge in [0.2, 0.25) is 0 Å². The number of carbonyl (C=O) groups is 1. The van der Waals surface area contributed by atoms with Crippen molar-refractivity contribution in [3.63, 3.8) is 0 Å². The molecule has 0 unspecified atom stereocenters. The molecule has 0 bridgehead atoms. The molecule has 5 heteroatoms. The van der Waals surface area contributed by atoms with Crippen molar-refractivity contribution in [3.8, 4) is 0 Å². The van der Waals surface area contributed by atoms with Gasteiger partial charge in [-0.25, -0.2) is 10.2 Å². The van der Waals surface area contributed by atoms with Gasteiger partial charge >= 0.3 is 6.09 Å². The highest BCUT2D eigenvalue weighted by molar-refractivity contribution is 6.04. The molecule has 1 N–H and O–H groups in total. The minimum atomic E-state index is -0.535. The average molecular weight is 247 g/mol. The maximum atomic E-state index is 11.5. The molecular weight excluding hydrogens is 230 g/mol. The number of nitrogens with zero attached hydrogens (tertiary/aromatic N) is 2. The van der Waals surface area contributed by atoms with E-state index in [0.717, 1.165) is 29.8 Å². The van der Waals surface area contributed by atoms with Gasteiger partial charge in [-0.05, 0) is 45.7 Å². The number of hydrogen-bond donors (Lipinski definition) is 1. The molecule has 5 nitrogen and oxygen atoms in total. The summed E-state index contributed by atoms with van der Waals surface area (Å²) in [5, 5.41) is 4.10. The van der Waals surface area contributed by atoms with Gasteiger partial charge in [-0.2, -0.15) is 5.10 Å². The number of aromatic nitrogens is 1. The van der Waals surface area contributed by atoms with Crippen LogP contribution in [0.2, 0.25) is 0 Å². The van der Waals surface area contributed by atoms with E-state index in [-0.39, 0.29) is 0 Å². The topological polar surface area (TPSA) is 63.6 Å². The zero-order valence-electron chi connectivity index (χ0n) is 10.9. The summed E-state index contributed by atoms with van der Waals surface area (Å²) < 4.78 is 5.11. The van der Waals surface area contributed by atoms with Crippen molar-refractivity contribution in [2.75, 3.05) is 0 Å². The Morgan fingerprint density at radius 3 is 2.94 bits per heavy atom. The Bertz CT molecular complexity index is 489. The maximum absolute atomic E-state index is 11.5. The normalized spacial score (nSPS) is 16.5. The smallest absolute Gasteiger partial charge is 0.428 e. The number of amides is 1. The Morgan fingerprint density at radius 1 is 1.44 bits per heavy atom. The third-order valence-electron chi connectivity index (χ3n) is 2.48. The van der Waals surface area contributed by atoms with E-state index >= 15 is 0 Å². The Labute approximate surface area is 106 Å². The van der Waals surface area contributed by atoms with Crippen LogP contribution >= 0.6 is 0 Å². The zero-order chi connectivity index (χ0) is 13.2. The summed E-state index contributed by atoms with van der Waals surface area (Å²) in [6.45, 7) is 5.44. The first-order valence-corrected chi connectivity index (χ1v) is 5.95. The summed E-state index contributed by atoms with van der Waals surface area (Å²) in [5.41, 5.74) is 4.80. The van der Waals surface area contributed by atoms with Crippen LogP contribution in [0.5, 0.6) is 0 Å². The van der Waals surface area contributed by atoms with Crippen molar-refractivity contribution < 1.29 is 9.53 Å². The van der Waals surface area contributed by atoms with Gasteiger partial charge in [0.1, 0.15) is 5.60 Å². The molecule has 2 rings (SSSR count). The molecule has 1 aliphatic carbocycles. The second kappa shape index (κ2) is 4.76. The van der Waals surface area contributed by atoms with Crippen molar-refractivity contribution in [1.82, 2.24) is 10.4 Å². The fourth-order valence-corrected chi connectivity index (χ4v) is 1.80. The quantitative estimate of drug-likeness (QED) is 0.774. The van der Waals surface area contributed by atoms with Crippen molar-refractivity contribution >= 4 is 11.8 Å². The lowest BCUT2D eigenvalue weighted by molar-refractivity contribution is 0.0529. The van der Waals surface area contributed by atoms with E-state index in [1.165, 1.54) is 0 Å². The molecule has 18 heavy (non-hydrogen) atoms. The lowest BCUT2D eigenvalue weighted by Crippen LogP contribution is -2.30. The first-order valence-electron chi connectivity index (χ1n) is 5.95. The van der Waals surface area contributed by atoms with E-state index in [9.17, 15) is 4.79 Å². The molecule has 0 saturated heterocycles. The van der Waals surface area contributed by atoms with Gasteiger partial charge in [0.15, 0.2) is 0 Å². The van der Waals surface area contributed by atoms with Crippen LogP contribution in [0.3, 0.4) is 0 Å². The van der Waals surface area contributed by atoms with Gasteiger partial charge in [0.25, 0.3) is 0 Å². The predicted molar refractivity (Wildman–Crippen MR) is 68.5 cm³/mol.